The fraction of sp³-hybridized carbons (Fsp3) is 0.296. The number of amides is 2. The molecule has 41 heavy (non-hydrogen) atoms. The lowest BCUT2D eigenvalue weighted by atomic mass is 10.0. The van der Waals surface area contributed by atoms with Crippen LogP contribution in [0.5, 0.6) is 5.75 Å². The molecule has 0 aliphatic carbocycles. The molecule has 4 aromatic rings. The van der Waals surface area contributed by atoms with Gasteiger partial charge in [-0.2, -0.15) is 0 Å². The van der Waals surface area contributed by atoms with E-state index in [0.717, 1.165) is 26.2 Å². The summed E-state index contributed by atoms with van der Waals surface area (Å²) in [7, 11) is 3.65. The van der Waals surface area contributed by atoms with Gasteiger partial charge in [-0.25, -0.2) is 9.97 Å². The zero-order valence-corrected chi connectivity index (χ0v) is 24.1. The summed E-state index contributed by atoms with van der Waals surface area (Å²) in [6.07, 6.45) is 3.09. The van der Waals surface area contributed by atoms with Gasteiger partial charge in [-0.1, -0.05) is 23.2 Å². The maximum Gasteiger partial charge on any atom is 0.263 e. The maximum absolute atomic E-state index is 13.4. The number of aromatic nitrogens is 4. The van der Waals surface area contributed by atoms with Crippen LogP contribution in [0.15, 0.2) is 35.4 Å². The number of carbonyl (C=O) groups excluding carboxylic acids is 2. The van der Waals surface area contributed by atoms with Crippen molar-refractivity contribution in [1.29, 1.82) is 0 Å². The first kappa shape index (κ1) is 28.4. The molecule has 0 saturated carbocycles. The molecule has 1 saturated heterocycles. The molecule has 0 unspecified atom stereocenters. The van der Waals surface area contributed by atoms with Gasteiger partial charge in [0.2, 0.25) is 5.91 Å². The molecule has 0 radical (unpaired) electrons. The van der Waals surface area contributed by atoms with Crippen LogP contribution in [0.1, 0.15) is 16.2 Å². The number of benzene rings is 1. The predicted octanol–water partition coefficient (Wildman–Crippen LogP) is 2.61. The van der Waals surface area contributed by atoms with Crippen LogP contribution in [0.4, 0.5) is 11.5 Å². The van der Waals surface area contributed by atoms with Crippen LogP contribution in [0, 0.1) is 6.92 Å². The number of hydrogen-bond donors (Lipinski definition) is 3. The number of aromatic hydroxyl groups is 1. The molecule has 2 amide bonds. The van der Waals surface area contributed by atoms with E-state index in [4.69, 9.17) is 28.9 Å². The molecule has 4 heterocycles. The van der Waals surface area contributed by atoms with Gasteiger partial charge in [-0.05, 0) is 31.7 Å². The van der Waals surface area contributed by atoms with E-state index in [1.165, 1.54) is 27.5 Å². The van der Waals surface area contributed by atoms with Crippen molar-refractivity contribution >= 4 is 57.6 Å². The van der Waals surface area contributed by atoms with Gasteiger partial charge < -0.3 is 30.5 Å². The second kappa shape index (κ2) is 11.0. The Labute approximate surface area is 244 Å². The number of anilines is 2. The van der Waals surface area contributed by atoms with E-state index >= 15 is 0 Å². The Kier molecular flexibility index (Phi) is 7.64. The smallest absolute Gasteiger partial charge is 0.263 e. The highest BCUT2D eigenvalue weighted by Crippen LogP contribution is 2.36. The van der Waals surface area contributed by atoms with Crippen LogP contribution in [-0.4, -0.2) is 74.1 Å². The topological polar surface area (TPSA) is 152 Å². The number of fused-ring (bicyclic) bond motifs is 1. The number of nitrogens with zero attached hydrogens (tertiary/aromatic N) is 6. The molecule has 1 aromatic carbocycles. The van der Waals surface area contributed by atoms with Gasteiger partial charge in [0.25, 0.3) is 11.5 Å². The zero-order chi connectivity index (χ0) is 29.6. The number of nitrogens with two attached hydrogens (primary N) is 1. The van der Waals surface area contributed by atoms with Crippen molar-refractivity contribution in [1.82, 2.24) is 24.0 Å². The van der Waals surface area contributed by atoms with E-state index in [1.54, 1.807) is 26.2 Å². The minimum absolute atomic E-state index is 0.115. The molecular weight excluding hydrogens is 571 g/mol. The van der Waals surface area contributed by atoms with Crippen molar-refractivity contribution in [3.05, 3.63) is 62.4 Å². The summed E-state index contributed by atoms with van der Waals surface area (Å²) in [5, 5.41) is 13.4. The standard InChI is InChI=1S/C27H28Cl2N8O4/c1-14-32-26-23(27(41)35(14)3)17(15-8-16(25(30)40)24(39)18(28)9-15)12-37(26)13-22(38)33-20-10-21(31-11-19(20)29)36-6-4-34(2)5-7-36/h8-12,39H,4-7,13H2,1-3H3,(H2,30,40)(H,31,33,38). The molecule has 12 nitrogen and oxygen atoms in total. The first-order chi connectivity index (χ1) is 19.4. The third-order valence-electron chi connectivity index (χ3n) is 7.22. The van der Waals surface area contributed by atoms with E-state index in [1.807, 2.05) is 0 Å². The molecule has 3 aromatic heterocycles. The van der Waals surface area contributed by atoms with Crippen molar-refractivity contribution in [2.45, 2.75) is 13.5 Å². The van der Waals surface area contributed by atoms with Gasteiger partial charge >= 0.3 is 0 Å². The van der Waals surface area contributed by atoms with Crippen LogP contribution >= 0.6 is 23.2 Å². The molecule has 0 atom stereocenters. The first-order valence-electron chi connectivity index (χ1n) is 12.7. The summed E-state index contributed by atoms with van der Waals surface area (Å²) < 4.78 is 2.92. The Morgan fingerprint density at radius 3 is 2.49 bits per heavy atom. The highest BCUT2D eigenvalue weighted by molar-refractivity contribution is 6.34. The summed E-state index contributed by atoms with van der Waals surface area (Å²) in [6, 6.07) is 4.50. The van der Waals surface area contributed by atoms with Gasteiger partial charge in [0, 0.05) is 51.1 Å². The minimum Gasteiger partial charge on any atom is -0.506 e. The molecule has 14 heteroatoms. The van der Waals surface area contributed by atoms with Crippen molar-refractivity contribution in [3.63, 3.8) is 0 Å². The van der Waals surface area contributed by atoms with Gasteiger partial charge in [0.05, 0.1) is 32.9 Å². The number of pyridine rings is 1. The van der Waals surface area contributed by atoms with Crippen molar-refractivity contribution < 1.29 is 14.7 Å². The van der Waals surface area contributed by atoms with Gasteiger partial charge in [0.15, 0.2) is 0 Å². The lowest BCUT2D eigenvalue weighted by molar-refractivity contribution is -0.116. The van der Waals surface area contributed by atoms with Crippen molar-refractivity contribution in [3.8, 4) is 16.9 Å². The quantitative estimate of drug-likeness (QED) is 0.306. The lowest BCUT2D eigenvalue weighted by Crippen LogP contribution is -2.44. The van der Waals surface area contributed by atoms with E-state index in [2.05, 4.69) is 32.1 Å². The van der Waals surface area contributed by atoms with Crippen LogP contribution in [0.3, 0.4) is 0 Å². The average molecular weight is 599 g/mol. The number of aryl methyl sites for hydroxylation is 1. The van der Waals surface area contributed by atoms with Crippen LogP contribution in [0.2, 0.25) is 10.0 Å². The SMILES string of the molecule is Cc1nc2c(c(-c3cc(Cl)c(O)c(C(N)=O)c3)cn2CC(=O)Nc2cc(N3CCN(C)CC3)ncc2Cl)c(=O)n1C. The summed E-state index contributed by atoms with van der Waals surface area (Å²) in [6.45, 7) is 4.87. The summed E-state index contributed by atoms with van der Waals surface area (Å²) >= 11 is 12.6. The third kappa shape index (κ3) is 5.45. The fourth-order valence-corrected chi connectivity index (χ4v) is 5.15. The Bertz CT molecular complexity index is 1760. The number of piperazine rings is 1. The highest BCUT2D eigenvalue weighted by Gasteiger charge is 2.22. The first-order valence-corrected chi connectivity index (χ1v) is 13.5. The molecule has 1 aliphatic heterocycles. The normalized spacial score (nSPS) is 14.0. The van der Waals surface area contributed by atoms with Gasteiger partial charge in [-0.3, -0.25) is 19.0 Å². The molecule has 214 valence electrons. The Morgan fingerprint density at radius 1 is 1.10 bits per heavy atom. The number of hydrogen-bond acceptors (Lipinski definition) is 8. The van der Waals surface area contributed by atoms with Gasteiger partial charge in [-0.15, -0.1) is 0 Å². The van der Waals surface area contributed by atoms with Crippen molar-refractivity contribution in [2.75, 3.05) is 43.4 Å². The fourth-order valence-electron chi connectivity index (χ4n) is 4.78. The number of rotatable bonds is 6. The Morgan fingerprint density at radius 2 is 1.80 bits per heavy atom. The van der Waals surface area contributed by atoms with Crippen molar-refractivity contribution in [2.24, 2.45) is 12.8 Å². The summed E-state index contributed by atoms with van der Waals surface area (Å²) in [5.74, 6) is -0.613. The molecule has 0 spiro atoms. The molecular formula is C27H28Cl2N8O4. The van der Waals surface area contributed by atoms with Gasteiger partial charge in [0.1, 0.15) is 29.6 Å². The molecule has 1 aliphatic rings. The number of phenols is 1. The monoisotopic (exact) mass is 598 g/mol. The van der Waals surface area contributed by atoms with Crippen LogP contribution < -0.4 is 21.5 Å². The molecule has 4 N–H and O–H groups in total. The lowest BCUT2D eigenvalue weighted by Gasteiger charge is -2.33. The highest BCUT2D eigenvalue weighted by atomic mass is 35.5. The Hall–Kier alpha value is -4.13. The van der Waals surface area contributed by atoms with E-state index in [9.17, 15) is 19.5 Å². The second-order valence-electron chi connectivity index (χ2n) is 9.97. The molecule has 1 fully saturated rings. The number of nitrogens with one attached hydrogen (secondary N) is 1. The predicted molar refractivity (Wildman–Crippen MR) is 158 cm³/mol. The Balaban J connectivity index is 1.51. The van der Waals surface area contributed by atoms with E-state index in [0.29, 0.717) is 28.5 Å². The zero-order valence-electron chi connectivity index (χ0n) is 22.6. The van der Waals surface area contributed by atoms with Crippen LogP contribution in [-0.2, 0) is 18.4 Å². The summed E-state index contributed by atoms with van der Waals surface area (Å²) in [5.41, 5.74) is 6.25. The largest absolute Gasteiger partial charge is 0.506 e. The maximum atomic E-state index is 13.4. The number of primary amides is 1. The molecule has 0 bridgehead atoms. The van der Waals surface area contributed by atoms with E-state index < -0.39 is 17.6 Å². The minimum atomic E-state index is -0.888. The average Bonchev–Trinajstić information content (AvgIpc) is 3.28. The number of halogens is 2. The van der Waals surface area contributed by atoms with Crippen LogP contribution in [0.25, 0.3) is 22.2 Å². The summed E-state index contributed by atoms with van der Waals surface area (Å²) in [4.78, 5) is 51.9. The number of likely N-dealkylation sites (N-methyl/N-ethyl adjacent to an activating group) is 1. The van der Waals surface area contributed by atoms with E-state index in [-0.39, 0.29) is 38.7 Å². The third-order valence-corrected chi connectivity index (χ3v) is 7.81. The number of carbonyl (C=O) groups is 2. The second-order valence-corrected chi connectivity index (χ2v) is 10.8. The molecule has 5 rings (SSSR count).